The van der Waals surface area contributed by atoms with E-state index in [-0.39, 0.29) is 0 Å². The predicted octanol–water partition coefficient (Wildman–Crippen LogP) is 1.58. The van der Waals surface area contributed by atoms with Gasteiger partial charge in [0.05, 0.1) is 0 Å². The molecule has 13 heavy (non-hydrogen) atoms. The molecule has 0 aromatic heterocycles. The van der Waals surface area contributed by atoms with Gasteiger partial charge in [-0.05, 0) is 32.4 Å². The van der Waals surface area contributed by atoms with Crippen molar-refractivity contribution in [2.24, 2.45) is 5.92 Å². The Labute approximate surface area is 79.7 Å². The van der Waals surface area contributed by atoms with E-state index in [1.165, 1.54) is 0 Å². The second-order valence-corrected chi connectivity index (χ2v) is 3.98. The van der Waals surface area contributed by atoms with Gasteiger partial charge in [0, 0.05) is 12.5 Å². The van der Waals surface area contributed by atoms with E-state index >= 15 is 0 Å². The molecule has 0 aromatic rings. The minimum absolute atomic E-state index is 0.342. The number of carboxylic acid groups (broad SMARTS) is 1. The number of likely N-dealkylation sites (tertiary alicyclic amines) is 1. The van der Waals surface area contributed by atoms with Gasteiger partial charge in [-0.2, -0.15) is 0 Å². The van der Waals surface area contributed by atoms with E-state index in [4.69, 9.17) is 5.11 Å². The molecule has 1 rings (SSSR count). The molecule has 1 aliphatic heterocycles. The van der Waals surface area contributed by atoms with Crippen LogP contribution < -0.4 is 0 Å². The second-order valence-electron chi connectivity index (χ2n) is 3.98. The summed E-state index contributed by atoms with van der Waals surface area (Å²) < 4.78 is 0. The fourth-order valence-corrected chi connectivity index (χ4v) is 2.30. The van der Waals surface area contributed by atoms with Crippen molar-refractivity contribution in [3.05, 3.63) is 0 Å². The van der Waals surface area contributed by atoms with Gasteiger partial charge in [-0.1, -0.05) is 13.3 Å². The van der Waals surface area contributed by atoms with Crippen molar-refractivity contribution < 1.29 is 9.90 Å². The van der Waals surface area contributed by atoms with E-state index in [1.54, 1.807) is 0 Å². The van der Waals surface area contributed by atoms with E-state index in [1.807, 2.05) is 0 Å². The zero-order valence-corrected chi connectivity index (χ0v) is 8.49. The highest BCUT2D eigenvalue weighted by atomic mass is 16.4. The highest BCUT2D eigenvalue weighted by molar-refractivity contribution is 5.67. The summed E-state index contributed by atoms with van der Waals surface area (Å²) in [6.07, 6.45) is 3.67. The highest BCUT2D eigenvalue weighted by Gasteiger charge is 2.31. The van der Waals surface area contributed by atoms with Crippen molar-refractivity contribution in [3.63, 3.8) is 0 Å². The Morgan fingerprint density at radius 1 is 1.62 bits per heavy atom. The van der Waals surface area contributed by atoms with E-state index < -0.39 is 5.97 Å². The third-order valence-electron chi connectivity index (χ3n) is 2.98. The van der Waals surface area contributed by atoms with Crippen molar-refractivity contribution in [1.82, 2.24) is 4.90 Å². The minimum atomic E-state index is -0.651. The number of rotatable bonds is 4. The molecular formula is C10H19NO2. The van der Waals surface area contributed by atoms with Crippen LogP contribution in [0.3, 0.4) is 0 Å². The van der Waals surface area contributed by atoms with Crippen LogP contribution >= 0.6 is 0 Å². The highest BCUT2D eigenvalue weighted by Crippen LogP contribution is 2.28. The van der Waals surface area contributed by atoms with Crippen molar-refractivity contribution in [2.45, 2.75) is 38.6 Å². The first-order chi connectivity index (χ1) is 6.15. The first kappa shape index (κ1) is 10.5. The van der Waals surface area contributed by atoms with Gasteiger partial charge >= 0.3 is 5.97 Å². The van der Waals surface area contributed by atoms with Crippen LogP contribution in [0.25, 0.3) is 0 Å². The normalized spacial score (nSPS) is 29.4. The van der Waals surface area contributed by atoms with E-state index in [2.05, 4.69) is 18.9 Å². The third-order valence-corrected chi connectivity index (χ3v) is 2.98. The Balaban J connectivity index is 2.48. The topological polar surface area (TPSA) is 40.5 Å². The molecule has 3 nitrogen and oxygen atoms in total. The molecule has 2 unspecified atom stereocenters. The SMILES string of the molecule is CCCC1C(CC(=O)O)CCN1C. The Morgan fingerprint density at radius 2 is 2.31 bits per heavy atom. The zero-order chi connectivity index (χ0) is 9.84. The monoisotopic (exact) mass is 185 g/mol. The molecule has 0 bridgehead atoms. The van der Waals surface area contributed by atoms with Crippen LogP contribution in [0.2, 0.25) is 0 Å². The number of aliphatic carboxylic acids is 1. The molecule has 3 heteroatoms. The van der Waals surface area contributed by atoms with Crippen molar-refractivity contribution in [2.75, 3.05) is 13.6 Å². The lowest BCUT2D eigenvalue weighted by Crippen LogP contribution is -2.30. The van der Waals surface area contributed by atoms with Gasteiger partial charge in [0.15, 0.2) is 0 Å². The van der Waals surface area contributed by atoms with Gasteiger partial charge in [0.25, 0.3) is 0 Å². The van der Waals surface area contributed by atoms with Gasteiger partial charge in [-0.3, -0.25) is 4.79 Å². The zero-order valence-electron chi connectivity index (χ0n) is 8.49. The summed E-state index contributed by atoms with van der Waals surface area (Å²) in [6.45, 7) is 3.21. The molecule has 1 N–H and O–H groups in total. The fraction of sp³-hybridized carbons (Fsp3) is 0.900. The molecule has 0 amide bonds. The van der Waals surface area contributed by atoms with Crippen LogP contribution in [0.1, 0.15) is 32.6 Å². The maximum Gasteiger partial charge on any atom is 0.303 e. The molecule has 1 aliphatic rings. The van der Waals surface area contributed by atoms with E-state index in [9.17, 15) is 4.79 Å². The second kappa shape index (κ2) is 4.61. The first-order valence-electron chi connectivity index (χ1n) is 5.07. The Kier molecular flexibility index (Phi) is 3.72. The molecule has 0 aromatic carbocycles. The molecule has 2 atom stereocenters. The maximum absolute atomic E-state index is 10.6. The molecule has 0 aliphatic carbocycles. The lowest BCUT2D eigenvalue weighted by atomic mass is 9.93. The Morgan fingerprint density at radius 3 is 2.85 bits per heavy atom. The number of hydrogen-bond donors (Lipinski definition) is 1. The smallest absolute Gasteiger partial charge is 0.303 e. The molecule has 0 radical (unpaired) electrons. The number of nitrogens with zero attached hydrogens (tertiary/aromatic N) is 1. The largest absolute Gasteiger partial charge is 0.481 e. The number of hydrogen-bond acceptors (Lipinski definition) is 2. The quantitative estimate of drug-likeness (QED) is 0.723. The van der Waals surface area contributed by atoms with Gasteiger partial charge in [0.1, 0.15) is 0 Å². The first-order valence-corrected chi connectivity index (χ1v) is 5.07. The van der Waals surface area contributed by atoms with Crippen LogP contribution in [0.5, 0.6) is 0 Å². The van der Waals surface area contributed by atoms with Crippen molar-refractivity contribution in [1.29, 1.82) is 0 Å². The molecular weight excluding hydrogens is 166 g/mol. The van der Waals surface area contributed by atoms with E-state index in [0.717, 1.165) is 25.8 Å². The molecule has 76 valence electrons. The number of carboxylic acids is 1. The van der Waals surface area contributed by atoms with Gasteiger partial charge < -0.3 is 10.0 Å². The summed E-state index contributed by atoms with van der Waals surface area (Å²) >= 11 is 0. The Hall–Kier alpha value is -0.570. The van der Waals surface area contributed by atoms with Crippen LogP contribution in [-0.4, -0.2) is 35.6 Å². The van der Waals surface area contributed by atoms with E-state index in [0.29, 0.717) is 18.4 Å². The predicted molar refractivity (Wildman–Crippen MR) is 51.7 cm³/mol. The lowest BCUT2D eigenvalue weighted by Gasteiger charge is -2.23. The summed E-state index contributed by atoms with van der Waals surface area (Å²) in [7, 11) is 2.10. The summed E-state index contributed by atoms with van der Waals surface area (Å²) in [5.41, 5.74) is 0. The van der Waals surface area contributed by atoms with Crippen molar-refractivity contribution in [3.8, 4) is 0 Å². The standard InChI is InChI=1S/C10H19NO2/c1-3-4-9-8(7-10(12)13)5-6-11(9)2/h8-9H,3-7H2,1-2H3,(H,12,13). The van der Waals surface area contributed by atoms with Crippen LogP contribution in [0.15, 0.2) is 0 Å². The van der Waals surface area contributed by atoms with Gasteiger partial charge in [-0.15, -0.1) is 0 Å². The number of carbonyl (C=O) groups is 1. The van der Waals surface area contributed by atoms with Crippen LogP contribution in [0.4, 0.5) is 0 Å². The van der Waals surface area contributed by atoms with Crippen LogP contribution in [-0.2, 0) is 4.79 Å². The molecule has 1 saturated heterocycles. The summed E-state index contributed by atoms with van der Waals surface area (Å²) in [5, 5.41) is 8.73. The molecule has 0 spiro atoms. The molecule has 1 heterocycles. The summed E-state index contributed by atoms with van der Waals surface area (Å²) in [4.78, 5) is 12.9. The van der Waals surface area contributed by atoms with Gasteiger partial charge in [-0.25, -0.2) is 0 Å². The third kappa shape index (κ3) is 2.69. The Bertz CT molecular complexity index is 182. The average molecular weight is 185 g/mol. The minimum Gasteiger partial charge on any atom is -0.481 e. The molecule has 0 saturated carbocycles. The molecule has 1 fully saturated rings. The maximum atomic E-state index is 10.6. The fourth-order valence-electron chi connectivity index (χ4n) is 2.30. The van der Waals surface area contributed by atoms with Gasteiger partial charge in [0.2, 0.25) is 0 Å². The summed E-state index contributed by atoms with van der Waals surface area (Å²) in [5.74, 6) is -0.274. The summed E-state index contributed by atoms with van der Waals surface area (Å²) in [6, 6.07) is 0.501. The van der Waals surface area contributed by atoms with Crippen molar-refractivity contribution >= 4 is 5.97 Å². The average Bonchev–Trinajstić information content (AvgIpc) is 2.35. The lowest BCUT2D eigenvalue weighted by molar-refractivity contribution is -0.138. The van der Waals surface area contributed by atoms with Crippen LogP contribution in [0, 0.1) is 5.92 Å².